The lowest BCUT2D eigenvalue weighted by atomic mass is 10.2. The smallest absolute Gasteiger partial charge is 0.250 e. The zero-order valence-electron chi connectivity index (χ0n) is 8.74. The summed E-state index contributed by atoms with van der Waals surface area (Å²) >= 11 is 5.93. The first-order chi connectivity index (χ1) is 7.58. The Kier molecular flexibility index (Phi) is 2.83. The van der Waals surface area contributed by atoms with Crippen LogP contribution in [-0.2, 0) is 9.59 Å². The Bertz CT molecular complexity index is 443. The van der Waals surface area contributed by atoms with Crippen molar-refractivity contribution in [3.05, 3.63) is 28.8 Å². The first kappa shape index (κ1) is 11.0. The molecule has 0 atom stereocenters. The molecule has 1 heterocycles. The van der Waals surface area contributed by atoms with Crippen LogP contribution in [0.3, 0.4) is 0 Å². The molecule has 4 nitrogen and oxygen atoms in total. The highest BCUT2D eigenvalue weighted by Crippen LogP contribution is 2.25. The Hall–Kier alpha value is -1.55. The van der Waals surface area contributed by atoms with E-state index in [0.29, 0.717) is 10.7 Å². The number of hydrogen-bond donors (Lipinski definition) is 0. The predicted octanol–water partition coefficient (Wildman–Crippen LogP) is 1.95. The van der Waals surface area contributed by atoms with Gasteiger partial charge in [-0.25, -0.2) is 0 Å². The molecular formula is C11H10ClN2O2. The van der Waals surface area contributed by atoms with Crippen LogP contribution >= 0.6 is 11.6 Å². The number of rotatable bonds is 2. The van der Waals surface area contributed by atoms with Crippen LogP contribution in [0.2, 0.25) is 5.02 Å². The van der Waals surface area contributed by atoms with Gasteiger partial charge < -0.3 is 0 Å². The molecule has 0 aliphatic carbocycles. The van der Waals surface area contributed by atoms with Crippen LogP contribution in [0.1, 0.15) is 18.4 Å². The number of carbonyl (C=O) groups is 2. The van der Waals surface area contributed by atoms with Crippen LogP contribution < -0.4 is 5.43 Å². The van der Waals surface area contributed by atoms with Crippen molar-refractivity contribution in [2.24, 2.45) is 0 Å². The zero-order valence-corrected chi connectivity index (χ0v) is 9.49. The van der Waals surface area contributed by atoms with E-state index in [4.69, 9.17) is 11.6 Å². The molecule has 1 aromatic rings. The molecule has 1 radical (unpaired) electrons. The number of benzene rings is 1. The Morgan fingerprint density at radius 2 is 1.88 bits per heavy atom. The molecule has 83 valence electrons. The average molecular weight is 238 g/mol. The number of halogens is 1. The summed E-state index contributed by atoms with van der Waals surface area (Å²) in [6, 6.07) is 5.27. The fourth-order valence-corrected chi connectivity index (χ4v) is 1.64. The Morgan fingerprint density at radius 3 is 2.50 bits per heavy atom. The van der Waals surface area contributed by atoms with Crippen molar-refractivity contribution in [1.29, 1.82) is 0 Å². The average Bonchev–Trinajstić information content (AvgIpc) is 2.55. The minimum Gasteiger partial charge on any atom is -0.272 e. The predicted molar refractivity (Wildman–Crippen MR) is 59.1 cm³/mol. The van der Waals surface area contributed by atoms with Gasteiger partial charge >= 0.3 is 0 Å². The number of imide groups is 1. The molecule has 0 saturated carbocycles. The largest absolute Gasteiger partial charge is 0.272 e. The molecule has 2 amide bonds. The molecule has 1 aliphatic rings. The third kappa shape index (κ3) is 2.02. The number of hydrogen-bond acceptors (Lipinski definition) is 2. The van der Waals surface area contributed by atoms with Gasteiger partial charge in [0.2, 0.25) is 11.8 Å². The summed E-state index contributed by atoms with van der Waals surface area (Å²) in [5.74, 6) is -0.551. The van der Waals surface area contributed by atoms with Gasteiger partial charge in [-0.05, 0) is 24.6 Å². The van der Waals surface area contributed by atoms with Crippen molar-refractivity contribution in [2.45, 2.75) is 19.8 Å². The van der Waals surface area contributed by atoms with E-state index in [2.05, 4.69) is 5.43 Å². The molecule has 2 rings (SSSR count). The monoisotopic (exact) mass is 237 g/mol. The first-order valence-electron chi connectivity index (χ1n) is 4.91. The molecular weight excluding hydrogens is 228 g/mol. The summed E-state index contributed by atoms with van der Waals surface area (Å²) in [6.07, 6.45) is 0.456. The molecule has 0 N–H and O–H groups in total. The van der Waals surface area contributed by atoms with Gasteiger partial charge in [-0.15, -0.1) is 0 Å². The fourth-order valence-electron chi connectivity index (χ4n) is 1.48. The lowest BCUT2D eigenvalue weighted by molar-refractivity contribution is -0.141. The minimum atomic E-state index is -0.275. The van der Waals surface area contributed by atoms with Gasteiger partial charge in [0.15, 0.2) is 0 Å². The van der Waals surface area contributed by atoms with Gasteiger partial charge in [-0.3, -0.25) is 9.59 Å². The highest BCUT2D eigenvalue weighted by molar-refractivity contribution is 6.33. The summed E-state index contributed by atoms with van der Waals surface area (Å²) in [6.45, 7) is 1.89. The maximum Gasteiger partial charge on any atom is 0.250 e. The number of amides is 2. The third-order valence-corrected chi connectivity index (χ3v) is 2.65. The van der Waals surface area contributed by atoms with Crippen molar-refractivity contribution < 1.29 is 9.59 Å². The molecule has 16 heavy (non-hydrogen) atoms. The SMILES string of the molecule is Cc1ccc(Cl)c([N]N2C(=O)CCC2=O)c1. The Balaban J connectivity index is 2.23. The summed E-state index contributed by atoms with van der Waals surface area (Å²) in [5, 5.41) is 1.33. The van der Waals surface area contributed by atoms with E-state index < -0.39 is 0 Å². The van der Waals surface area contributed by atoms with Gasteiger partial charge in [0.05, 0.1) is 5.02 Å². The second-order valence-corrected chi connectivity index (χ2v) is 4.06. The molecule has 1 fully saturated rings. The summed E-state index contributed by atoms with van der Waals surface area (Å²) in [4.78, 5) is 22.7. The molecule has 0 spiro atoms. The lowest BCUT2D eigenvalue weighted by Gasteiger charge is -2.13. The lowest BCUT2D eigenvalue weighted by Crippen LogP contribution is -2.34. The number of nitrogens with zero attached hydrogens (tertiary/aromatic N) is 2. The van der Waals surface area contributed by atoms with E-state index in [9.17, 15) is 9.59 Å². The highest BCUT2D eigenvalue weighted by Gasteiger charge is 2.30. The van der Waals surface area contributed by atoms with E-state index in [-0.39, 0.29) is 24.7 Å². The maximum absolute atomic E-state index is 11.4. The van der Waals surface area contributed by atoms with Gasteiger partial charge in [0.1, 0.15) is 5.69 Å². The van der Waals surface area contributed by atoms with Crippen molar-refractivity contribution in [1.82, 2.24) is 10.4 Å². The number of carbonyl (C=O) groups excluding carboxylic acids is 2. The van der Waals surface area contributed by atoms with Crippen LogP contribution in [0.5, 0.6) is 0 Å². The molecule has 0 bridgehead atoms. The van der Waals surface area contributed by atoms with E-state index in [0.717, 1.165) is 10.6 Å². The molecule has 5 heteroatoms. The van der Waals surface area contributed by atoms with E-state index in [1.165, 1.54) is 0 Å². The van der Waals surface area contributed by atoms with Crippen LogP contribution in [0, 0.1) is 6.92 Å². The third-order valence-electron chi connectivity index (χ3n) is 2.33. The second-order valence-electron chi connectivity index (χ2n) is 3.65. The van der Waals surface area contributed by atoms with Gasteiger partial charge in [-0.1, -0.05) is 17.7 Å². The van der Waals surface area contributed by atoms with E-state index >= 15 is 0 Å². The molecule has 0 aromatic heterocycles. The van der Waals surface area contributed by atoms with Crippen LogP contribution in [-0.4, -0.2) is 16.8 Å². The highest BCUT2D eigenvalue weighted by atomic mass is 35.5. The van der Waals surface area contributed by atoms with E-state index in [1.807, 2.05) is 13.0 Å². The zero-order chi connectivity index (χ0) is 11.7. The molecule has 0 unspecified atom stereocenters. The quantitative estimate of drug-likeness (QED) is 0.739. The molecule has 1 aromatic carbocycles. The summed E-state index contributed by atoms with van der Waals surface area (Å²) in [7, 11) is 0. The maximum atomic E-state index is 11.4. The van der Waals surface area contributed by atoms with Crippen molar-refractivity contribution in [3.8, 4) is 0 Å². The fraction of sp³-hybridized carbons (Fsp3) is 0.273. The summed E-state index contributed by atoms with van der Waals surface area (Å²) in [5.41, 5.74) is 5.41. The first-order valence-corrected chi connectivity index (χ1v) is 5.29. The normalized spacial score (nSPS) is 15.8. The van der Waals surface area contributed by atoms with Crippen molar-refractivity contribution in [2.75, 3.05) is 0 Å². The molecule has 1 saturated heterocycles. The van der Waals surface area contributed by atoms with Crippen LogP contribution in [0.25, 0.3) is 0 Å². The van der Waals surface area contributed by atoms with Gasteiger partial charge in [0, 0.05) is 12.8 Å². The molecule has 1 aliphatic heterocycles. The van der Waals surface area contributed by atoms with E-state index in [1.54, 1.807) is 12.1 Å². The Morgan fingerprint density at radius 1 is 1.25 bits per heavy atom. The van der Waals surface area contributed by atoms with Crippen molar-refractivity contribution >= 4 is 29.1 Å². The van der Waals surface area contributed by atoms with Crippen molar-refractivity contribution in [3.63, 3.8) is 0 Å². The van der Waals surface area contributed by atoms with Gasteiger partial charge in [0.25, 0.3) is 0 Å². The topological polar surface area (TPSA) is 51.5 Å². The van der Waals surface area contributed by atoms with Gasteiger partial charge in [-0.2, -0.15) is 10.4 Å². The van der Waals surface area contributed by atoms with Crippen LogP contribution in [0.4, 0.5) is 5.69 Å². The van der Waals surface area contributed by atoms with Crippen LogP contribution in [0.15, 0.2) is 18.2 Å². The second kappa shape index (κ2) is 4.14. The summed E-state index contributed by atoms with van der Waals surface area (Å²) < 4.78 is 0. The Labute approximate surface area is 98.2 Å². The number of aryl methyl sites for hydroxylation is 1. The standard InChI is InChI=1S/C11H10ClN2O2/c1-7-2-3-8(12)9(6-7)13-14-10(15)4-5-11(14)16/h2-3,6H,4-5H2,1H3. The minimum absolute atomic E-state index is 0.228.